The number of fused-ring (bicyclic) bond motifs is 1. The Hall–Kier alpha value is -2.43. The van der Waals surface area contributed by atoms with E-state index in [-0.39, 0.29) is 0 Å². The van der Waals surface area contributed by atoms with E-state index in [0.29, 0.717) is 16.9 Å². The molecule has 2 unspecified atom stereocenters. The number of methoxy groups -OCH3 is 1. The van der Waals surface area contributed by atoms with Crippen LogP contribution in [-0.2, 0) is 0 Å². The number of ether oxygens (including phenoxy) is 1. The summed E-state index contributed by atoms with van der Waals surface area (Å²) >= 11 is 0. The molecule has 0 aliphatic carbocycles. The highest BCUT2D eigenvalue weighted by Gasteiger charge is 2.43. The molecule has 2 aromatic carbocycles. The van der Waals surface area contributed by atoms with Gasteiger partial charge in [-0.2, -0.15) is 13.2 Å². The molecule has 0 saturated heterocycles. The van der Waals surface area contributed by atoms with Gasteiger partial charge in [0, 0.05) is 23.0 Å². The van der Waals surface area contributed by atoms with Crippen LogP contribution in [0.2, 0.25) is 0 Å². The third-order valence-corrected chi connectivity index (χ3v) is 4.45. The molecule has 1 aromatic heterocycles. The second kappa shape index (κ2) is 6.23. The summed E-state index contributed by atoms with van der Waals surface area (Å²) in [5.41, 5.74) is 2.10. The maximum Gasteiger partial charge on any atom is 0.392 e. The third-order valence-electron chi connectivity index (χ3n) is 4.45. The van der Waals surface area contributed by atoms with Crippen LogP contribution in [0.3, 0.4) is 0 Å². The molecular formula is C19H18F3NO. The molecule has 0 saturated carbocycles. The van der Waals surface area contributed by atoms with Crippen molar-refractivity contribution in [3.63, 3.8) is 0 Å². The first kappa shape index (κ1) is 16.4. The molecule has 0 radical (unpaired) electrons. The van der Waals surface area contributed by atoms with Gasteiger partial charge < -0.3 is 9.72 Å². The van der Waals surface area contributed by atoms with Crippen molar-refractivity contribution in [2.24, 2.45) is 5.92 Å². The van der Waals surface area contributed by atoms with E-state index < -0.39 is 18.0 Å². The molecule has 0 aliphatic heterocycles. The van der Waals surface area contributed by atoms with Crippen LogP contribution in [0.1, 0.15) is 24.0 Å². The average molecular weight is 333 g/mol. The van der Waals surface area contributed by atoms with Gasteiger partial charge in [0.05, 0.1) is 13.0 Å². The smallest absolute Gasteiger partial charge is 0.392 e. The van der Waals surface area contributed by atoms with Gasteiger partial charge in [0.15, 0.2) is 0 Å². The molecule has 126 valence electrons. The zero-order valence-electron chi connectivity index (χ0n) is 13.4. The predicted octanol–water partition coefficient (Wildman–Crippen LogP) is 5.51. The highest BCUT2D eigenvalue weighted by Crippen LogP contribution is 2.43. The number of H-pyrrole nitrogens is 1. The van der Waals surface area contributed by atoms with Crippen LogP contribution in [0.15, 0.2) is 54.7 Å². The largest absolute Gasteiger partial charge is 0.497 e. The number of hydrogen-bond donors (Lipinski definition) is 1. The van der Waals surface area contributed by atoms with Crippen molar-refractivity contribution in [1.82, 2.24) is 4.98 Å². The van der Waals surface area contributed by atoms with Gasteiger partial charge in [-0.15, -0.1) is 0 Å². The summed E-state index contributed by atoms with van der Waals surface area (Å²) in [6.45, 7) is 1.23. The van der Waals surface area contributed by atoms with E-state index >= 15 is 0 Å². The average Bonchev–Trinajstić information content (AvgIpc) is 2.99. The van der Waals surface area contributed by atoms with Gasteiger partial charge in [-0.05, 0) is 29.3 Å². The number of hydrogen-bond acceptors (Lipinski definition) is 1. The van der Waals surface area contributed by atoms with Gasteiger partial charge >= 0.3 is 6.18 Å². The van der Waals surface area contributed by atoms with Crippen LogP contribution in [0, 0.1) is 5.92 Å². The monoisotopic (exact) mass is 333 g/mol. The molecule has 0 spiro atoms. The lowest BCUT2D eigenvalue weighted by Crippen LogP contribution is -2.27. The Morgan fingerprint density at radius 2 is 1.67 bits per heavy atom. The first-order valence-corrected chi connectivity index (χ1v) is 7.68. The van der Waals surface area contributed by atoms with Gasteiger partial charge in [-0.25, -0.2) is 0 Å². The normalized spacial score (nSPS) is 14.5. The number of rotatable bonds is 4. The molecule has 3 aromatic rings. The summed E-state index contributed by atoms with van der Waals surface area (Å²) in [4.78, 5) is 3.08. The molecule has 2 atom stereocenters. The van der Waals surface area contributed by atoms with Gasteiger partial charge in [0.1, 0.15) is 5.75 Å². The van der Waals surface area contributed by atoms with E-state index in [1.54, 1.807) is 30.5 Å². The Morgan fingerprint density at radius 3 is 2.29 bits per heavy atom. The Kier molecular flexibility index (Phi) is 4.26. The standard InChI is InChI=1S/C19H18F3NO/c1-12(19(20,21)22)18(13-7-9-14(24-2)10-8-13)16-11-23-17-6-4-3-5-15(16)17/h3-12,18,23H,1-2H3. The predicted molar refractivity (Wildman–Crippen MR) is 88.4 cm³/mol. The van der Waals surface area contributed by atoms with Crippen LogP contribution < -0.4 is 4.74 Å². The van der Waals surface area contributed by atoms with Crippen LogP contribution in [0.25, 0.3) is 10.9 Å². The first-order valence-electron chi connectivity index (χ1n) is 7.68. The Morgan fingerprint density at radius 1 is 1.00 bits per heavy atom. The molecule has 0 bridgehead atoms. The lowest BCUT2D eigenvalue weighted by Gasteiger charge is -2.26. The van der Waals surface area contributed by atoms with Gasteiger partial charge in [0.25, 0.3) is 0 Å². The van der Waals surface area contributed by atoms with Crippen molar-refractivity contribution in [3.05, 3.63) is 65.9 Å². The number of halogens is 3. The summed E-state index contributed by atoms with van der Waals surface area (Å²) in [6.07, 6.45) is -2.61. The third kappa shape index (κ3) is 2.98. The summed E-state index contributed by atoms with van der Waals surface area (Å²) in [7, 11) is 1.53. The summed E-state index contributed by atoms with van der Waals surface area (Å²) in [5.74, 6) is -1.67. The van der Waals surface area contributed by atoms with E-state index in [2.05, 4.69) is 4.98 Å². The van der Waals surface area contributed by atoms with Crippen molar-refractivity contribution in [3.8, 4) is 5.75 Å². The summed E-state index contributed by atoms with van der Waals surface area (Å²) in [5, 5.41) is 0.814. The van der Waals surface area contributed by atoms with Gasteiger partial charge in [-0.1, -0.05) is 37.3 Å². The number of para-hydroxylation sites is 1. The maximum atomic E-state index is 13.5. The fourth-order valence-electron chi connectivity index (χ4n) is 3.09. The van der Waals surface area contributed by atoms with E-state index in [4.69, 9.17) is 4.74 Å². The lowest BCUT2D eigenvalue weighted by molar-refractivity contribution is -0.172. The van der Waals surface area contributed by atoms with Crippen LogP contribution in [-0.4, -0.2) is 18.3 Å². The number of nitrogens with one attached hydrogen (secondary N) is 1. The second-order valence-corrected chi connectivity index (χ2v) is 5.87. The molecule has 1 heterocycles. The van der Waals surface area contributed by atoms with Crippen LogP contribution in [0.5, 0.6) is 5.75 Å². The number of benzene rings is 2. The topological polar surface area (TPSA) is 25.0 Å². The Balaban J connectivity index is 2.14. The molecular weight excluding hydrogens is 315 g/mol. The van der Waals surface area contributed by atoms with Crippen molar-refractivity contribution in [1.29, 1.82) is 0 Å². The van der Waals surface area contributed by atoms with Crippen molar-refractivity contribution < 1.29 is 17.9 Å². The molecule has 0 amide bonds. The summed E-state index contributed by atoms with van der Waals surface area (Å²) in [6, 6.07) is 14.2. The second-order valence-electron chi connectivity index (χ2n) is 5.87. The number of aromatic nitrogens is 1. The minimum atomic E-state index is -4.29. The lowest BCUT2D eigenvalue weighted by atomic mass is 9.81. The fraction of sp³-hybridized carbons (Fsp3) is 0.263. The molecule has 24 heavy (non-hydrogen) atoms. The molecule has 5 heteroatoms. The van der Waals surface area contributed by atoms with Gasteiger partial charge in [0.2, 0.25) is 0 Å². The molecule has 0 fully saturated rings. The van der Waals surface area contributed by atoms with E-state index in [1.165, 1.54) is 14.0 Å². The minimum Gasteiger partial charge on any atom is -0.497 e. The zero-order chi connectivity index (χ0) is 17.3. The molecule has 1 N–H and O–H groups in total. The minimum absolute atomic E-state index is 0.616. The Bertz CT molecular complexity index is 820. The van der Waals surface area contributed by atoms with Gasteiger partial charge in [-0.3, -0.25) is 0 Å². The SMILES string of the molecule is COc1ccc(C(c2c[nH]c3ccccc23)C(C)C(F)(F)F)cc1. The fourth-order valence-corrected chi connectivity index (χ4v) is 3.09. The summed E-state index contributed by atoms with van der Waals surface area (Å²) < 4.78 is 45.6. The van der Waals surface area contributed by atoms with Crippen molar-refractivity contribution in [2.45, 2.75) is 19.0 Å². The molecule has 2 nitrogen and oxygen atoms in total. The van der Waals surface area contributed by atoms with Crippen LogP contribution >= 0.6 is 0 Å². The van der Waals surface area contributed by atoms with E-state index in [1.807, 2.05) is 24.3 Å². The molecule has 0 aliphatic rings. The number of aromatic amines is 1. The maximum absolute atomic E-state index is 13.5. The molecule has 3 rings (SSSR count). The van der Waals surface area contributed by atoms with Crippen molar-refractivity contribution in [2.75, 3.05) is 7.11 Å². The number of alkyl halides is 3. The Labute approximate surface area is 138 Å². The zero-order valence-corrected chi connectivity index (χ0v) is 13.4. The quantitative estimate of drug-likeness (QED) is 0.669. The highest BCUT2D eigenvalue weighted by atomic mass is 19.4. The first-order chi connectivity index (χ1) is 11.4. The van der Waals surface area contributed by atoms with E-state index in [9.17, 15) is 13.2 Å². The highest BCUT2D eigenvalue weighted by molar-refractivity contribution is 5.84. The van der Waals surface area contributed by atoms with Crippen LogP contribution in [0.4, 0.5) is 13.2 Å². The van der Waals surface area contributed by atoms with E-state index in [0.717, 1.165) is 10.9 Å². The van der Waals surface area contributed by atoms with Crippen molar-refractivity contribution >= 4 is 10.9 Å².